The number of nitrogens with one attached hydrogen (secondary N) is 2. The van der Waals surface area contributed by atoms with Crippen LogP contribution in [0.15, 0.2) is 6.07 Å². The molecule has 0 amide bonds. The van der Waals surface area contributed by atoms with Gasteiger partial charge in [-0.15, -0.1) is 0 Å². The van der Waals surface area contributed by atoms with E-state index in [-0.39, 0.29) is 12.0 Å². The van der Waals surface area contributed by atoms with Crippen LogP contribution in [0.25, 0.3) is 0 Å². The quantitative estimate of drug-likeness (QED) is 0.401. The third-order valence-corrected chi connectivity index (χ3v) is 3.44. The fourth-order valence-corrected chi connectivity index (χ4v) is 2.06. The Hall–Kier alpha value is -1.44. The van der Waals surface area contributed by atoms with Crippen molar-refractivity contribution in [1.29, 1.82) is 0 Å². The molecule has 0 unspecified atom stereocenters. The Morgan fingerprint density at radius 3 is 2.74 bits per heavy atom. The number of nitrogens with zero attached hydrogens (tertiary/aromatic N) is 2. The number of aromatic nitrogens is 2. The van der Waals surface area contributed by atoms with Crippen molar-refractivity contribution in [2.45, 2.75) is 25.9 Å². The maximum atomic E-state index is 9.04. The highest BCUT2D eigenvalue weighted by molar-refractivity contribution is 5.47. The molecule has 0 radical (unpaired) electrons. The molecule has 5 N–H and O–H groups in total. The number of nitrogens with two attached hydrogens (primary N) is 1. The second-order valence-electron chi connectivity index (χ2n) is 4.96. The molecular weight excluding hydrogens is 246 g/mol. The van der Waals surface area contributed by atoms with Crippen LogP contribution >= 0.6 is 0 Å². The number of rotatable bonds is 8. The molecule has 1 fully saturated rings. The van der Waals surface area contributed by atoms with Gasteiger partial charge in [0.2, 0.25) is 0 Å². The van der Waals surface area contributed by atoms with E-state index in [0.717, 1.165) is 31.6 Å². The van der Waals surface area contributed by atoms with Gasteiger partial charge in [-0.25, -0.2) is 15.8 Å². The molecule has 0 bridgehead atoms. The first-order valence-electron chi connectivity index (χ1n) is 6.39. The van der Waals surface area contributed by atoms with E-state index in [4.69, 9.17) is 15.7 Å². The summed E-state index contributed by atoms with van der Waals surface area (Å²) in [6.45, 7) is 1.38. The largest absolute Gasteiger partial charge is 0.396 e. The zero-order valence-corrected chi connectivity index (χ0v) is 11.1. The Kier molecular flexibility index (Phi) is 4.52. The summed E-state index contributed by atoms with van der Waals surface area (Å²) in [5, 5.41) is 12.3. The van der Waals surface area contributed by atoms with Crippen LogP contribution in [0.5, 0.6) is 0 Å². The molecule has 1 aromatic rings. The van der Waals surface area contributed by atoms with Gasteiger partial charge in [-0.3, -0.25) is 0 Å². The second-order valence-corrected chi connectivity index (χ2v) is 4.96. The summed E-state index contributed by atoms with van der Waals surface area (Å²) in [5.41, 5.74) is 2.75. The summed E-state index contributed by atoms with van der Waals surface area (Å²) in [6.07, 6.45) is 3.13. The van der Waals surface area contributed by atoms with Gasteiger partial charge >= 0.3 is 0 Å². The number of hydrogen-bond acceptors (Lipinski definition) is 7. The topological polar surface area (TPSA) is 105 Å². The van der Waals surface area contributed by atoms with Gasteiger partial charge in [-0.2, -0.15) is 0 Å². The van der Waals surface area contributed by atoms with E-state index >= 15 is 0 Å². The number of ether oxygens (including phenoxy) is 1. The molecule has 2 rings (SSSR count). The Balaban J connectivity index is 2.00. The van der Waals surface area contributed by atoms with E-state index < -0.39 is 0 Å². The van der Waals surface area contributed by atoms with Crippen molar-refractivity contribution in [2.75, 3.05) is 31.0 Å². The van der Waals surface area contributed by atoms with Crippen molar-refractivity contribution in [1.82, 2.24) is 9.97 Å². The third kappa shape index (κ3) is 3.76. The van der Waals surface area contributed by atoms with Gasteiger partial charge < -0.3 is 20.6 Å². The molecule has 19 heavy (non-hydrogen) atoms. The van der Waals surface area contributed by atoms with Crippen molar-refractivity contribution in [3.05, 3.63) is 11.9 Å². The number of methoxy groups -OCH3 is 1. The van der Waals surface area contributed by atoms with Crippen LogP contribution in [-0.2, 0) is 11.3 Å². The van der Waals surface area contributed by atoms with Crippen LogP contribution in [-0.4, -0.2) is 35.3 Å². The van der Waals surface area contributed by atoms with Crippen LogP contribution in [0.1, 0.15) is 25.1 Å². The van der Waals surface area contributed by atoms with Crippen molar-refractivity contribution in [3.8, 4) is 0 Å². The third-order valence-electron chi connectivity index (χ3n) is 3.44. The molecule has 0 spiro atoms. The second kappa shape index (κ2) is 6.14. The van der Waals surface area contributed by atoms with Crippen molar-refractivity contribution in [2.24, 2.45) is 11.3 Å². The van der Waals surface area contributed by atoms with Gasteiger partial charge in [-0.05, 0) is 24.7 Å². The summed E-state index contributed by atoms with van der Waals surface area (Å²) in [7, 11) is 1.60. The molecule has 1 heterocycles. The van der Waals surface area contributed by atoms with E-state index in [1.54, 1.807) is 13.2 Å². The molecule has 0 atom stereocenters. The SMILES string of the molecule is COCc1nc(NN)cc(NCC2(CCO)CC2)n1. The maximum Gasteiger partial charge on any atom is 0.158 e. The average molecular weight is 267 g/mol. The monoisotopic (exact) mass is 267 g/mol. The highest BCUT2D eigenvalue weighted by atomic mass is 16.5. The van der Waals surface area contributed by atoms with Crippen molar-refractivity contribution in [3.63, 3.8) is 0 Å². The Bertz CT molecular complexity index is 423. The van der Waals surface area contributed by atoms with Gasteiger partial charge in [0.1, 0.15) is 18.2 Å². The highest BCUT2D eigenvalue weighted by Crippen LogP contribution is 2.48. The minimum absolute atomic E-state index is 0.232. The molecule has 1 aromatic heterocycles. The fourth-order valence-electron chi connectivity index (χ4n) is 2.06. The summed E-state index contributed by atoms with van der Waals surface area (Å²) in [6, 6.07) is 1.76. The van der Waals surface area contributed by atoms with Crippen LogP contribution < -0.4 is 16.6 Å². The normalized spacial score (nSPS) is 16.2. The Morgan fingerprint density at radius 2 is 2.16 bits per heavy atom. The van der Waals surface area contributed by atoms with Gasteiger partial charge in [-0.1, -0.05) is 0 Å². The minimum atomic E-state index is 0.232. The molecule has 7 heteroatoms. The molecule has 0 aliphatic heterocycles. The van der Waals surface area contributed by atoms with Crippen LogP contribution in [0.3, 0.4) is 0 Å². The molecule has 1 aliphatic rings. The Labute approximate surface area is 112 Å². The first-order chi connectivity index (χ1) is 9.21. The van der Waals surface area contributed by atoms with Gasteiger partial charge in [0.15, 0.2) is 5.82 Å². The molecular formula is C12H21N5O2. The smallest absolute Gasteiger partial charge is 0.158 e. The number of nitrogen functional groups attached to an aromatic ring is 1. The van der Waals surface area contributed by atoms with Crippen molar-refractivity contribution >= 4 is 11.6 Å². The van der Waals surface area contributed by atoms with Crippen LogP contribution in [0.4, 0.5) is 11.6 Å². The van der Waals surface area contributed by atoms with E-state index in [9.17, 15) is 0 Å². The van der Waals surface area contributed by atoms with E-state index in [2.05, 4.69) is 20.7 Å². The number of aliphatic hydroxyl groups is 1. The summed E-state index contributed by atoms with van der Waals surface area (Å²) in [4.78, 5) is 8.54. The lowest BCUT2D eigenvalue weighted by Gasteiger charge is -2.15. The van der Waals surface area contributed by atoms with Crippen LogP contribution in [0.2, 0.25) is 0 Å². The number of anilines is 2. The van der Waals surface area contributed by atoms with E-state index in [1.165, 1.54) is 0 Å². The predicted molar refractivity (Wildman–Crippen MR) is 72.4 cm³/mol. The predicted octanol–water partition coefficient (Wildman–Crippen LogP) is 0.483. The zero-order chi connectivity index (χ0) is 13.7. The number of hydrazine groups is 1. The molecule has 0 aromatic carbocycles. The Morgan fingerprint density at radius 1 is 1.42 bits per heavy atom. The summed E-state index contributed by atoms with van der Waals surface area (Å²) < 4.78 is 5.02. The van der Waals surface area contributed by atoms with E-state index in [1.807, 2.05) is 0 Å². The lowest BCUT2D eigenvalue weighted by molar-refractivity contribution is 0.178. The lowest BCUT2D eigenvalue weighted by atomic mass is 10.0. The summed E-state index contributed by atoms with van der Waals surface area (Å²) >= 11 is 0. The number of hydrogen-bond donors (Lipinski definition) is 4. The number of aliphatic hydroxyl groups excluding tert-OH is 1. The van der Waals surface area contributed by atoms with E-state index in [0.29, 0.717) is 18.2 Å². The molecule has 0 saturated heterocycles. The minimum Gasteiger partial charge on any atom is -0.396 e. The maximum absolute atomic E-state index is 9.04. The fraction of sp³-hybridized carbons (Fsp3) is 0.667. The van der Waals surface area contributed by atoms with Crippen LogP contribution in [0, 0.1) is 5.41 Å². The highest BCUT2D eigenvalue weighted by Gasteiger charge is 2.41. The first kappa shape index (κ1) is 14.0. The van der Waals surface area contributed by atoms with Crippen molar-refractivity contribution < 1.29 is 9.84 Å². The lowest BCUT2D eigenvalue weighted by Crippen LogP contribution is -2.19. The molecule has 106 valence electrons. The zero-order valence-electron chi connectivity index (χ0n) is 11.1. The molecule has 7 nitrogen and oxygen atoms in total. The van der Waals surface area contributed by atoms with Gasteiger partial charge in [0.25, 0.3) is 0 Å². The van der Waals surface area contributed by atoms with Gasteiger partial charge in [0, 0.05) is 26.3 Å². The molecule has 1 aliphatic carbocycles. The molecule has 1 saturated carbocycles. The average Bonchev–Trinajstić information content (AvgIpc) is 3.17. The van der Waals surface area contributed by atoms with Gasteiger partial charge in [0.05, 0.1) is 0 Å². The summed E-state index contributed by atoms with van der Waals surface area (Å²) in [5.74, 6) is 7.23. The first-order valence-corrected chi connectivity index (χ1v) is 6.39. The standard InChI is InChI=1S/C12H21N5O2/c1-19-7-11-15-9(6-10(16-11)17-13)14-8-12(2-3-12)4-5-18/h6,18H,2-5,7-8,13H2,1H3,(H2,14,15,16,17).